The van der Waals surface area contributed by atoms with Crippen LogP contribution in [0, 0.1) is 6.92 Å². The van der Waals surface area contributed by atoms with Crippen LogP contribution in [0.1, 0.15) is 39.5 Å². The van der Waals surface area contributed by atoms with Crippen molar-refractivity contribution in [3.8, 4) is 5.75 Å². The van der Waals surface area contributed by atoms with Gasteiger partial charge in [-0.25, -0.2) is 9.88 Å². The van der Waals surface area contributed by atoms with Crippen LogP contribution in [0.5, 0.6) is 5.75 Å². The number of benzene rings is 1. The van der Waals surface area contributed by atoms with Crippen molar-refractivity contribution in [1.82, 2.24) is 14.6 Å². The standard InChI is InChI=1S/C23H32N3O9PS/c1-13(2)33-20(29)15(4)25-36(37,35-16-8-6-14(3)7-9-16)32-12-17-19(28)23(5,31)21(34-17)26-11-10-18(27)24-22(26)30/h6-11,13,15,17,19,21,28,31H,12H2,1-5H3,(H,25,37)(H,24,27,30)/t15?,17-,19-,21-,23-,36?/m1/s1. The molecule has 12 nitrogen and oxygen atoms in total. The molecular weight excluding hydrogens is 525 g/mol. The van der Waals surface area contributed by atoms with Gasteiger partial charge in [0.2, 0.25) is 0 Å². The van der Waals surface area contributed by atoms with Crippen molar-refractivity contribution in [3.63, 3.8) is 0 Å². The van der Waals surface area contributed by atoms with E-state index in [2.05, 4.69) is 10.1 Å². The fraction of sp³-hybridized carbons (Fsp3) is 0.522. The van der Waals surface area contributed by atoms with Crippen LogP contribution in [0.25, 0.3) is 0 Å². The summed E-state index contributed by atoms with van der Waals surface area (Å²) < 4.78 is 23.8. The number of hydrogen-bond donors (Lipinski definition) is 4. The van der Waals surface area contributed by atoms with E-state index in [1.54, 1.807) is 32.9 Å². The molecule has 14 heteroatoms. The van der Waals surface area contributed by atoms with Crippen LogP contribution in [-0.2, 0) is 30.6 Å². The smallest absolute Gasteiger partial charge is 0.330 e. The number of H-pyrrole nitrogens is 1. The molecule has 0 spiro atoms. The van der Waals surface area contributed by atoms with Gasteiger partial charge in [-0.3, -0.25) is 19.1 Å². The summed E-state index contributed by atoms with van der Waals surface area (Å²) in [4.78, 5) is 38.2. The summed E-state index contributed by atoms with van der Waals surface area (Å²) in [5.74, 6) is -0.165. The highest BCUT2D eigenvalue weighted by atomic mass is 32.5. The minimum absolute atomic E-state index is 0.342. The molecule has 0 aliphatic carbocycles. The van der Waals surface area contributed by atoms with Crippen LogP contribution in [0.15, 0.2) is 46.1 Å². The summed E-state index contributed by atoms with van der Waals surface area (Å²) in [6.07, 6.45) is -3.15. The monoisotopic (exact) mass is 557 g/mol. The van der Waals surface area contributed by atoms with E-state index in [4.69, 9.17) is 30.3 Å². The number of aromatic nitrogens is 2. The van der Waals surface area contributed by atoms with Gasteiger partial charge in [0.1, 0.15) is 29.6 Å². The molecule has 2 aromatic rings. The maximum Gasteiger partial charge on any atom is 0.330 e. The number of carbonyl (C=O) groups is 1. The van der Waals surface area contributed by atoms with Crippen molar-refractivity contribution in [2.45, 2.75) is 70.8 Å². The van der Waals surface area contributed by atoms with Gasteiger partial charge in [-0.1, -0.05) is 17.7 Å². The van der Waals surface area contributed by atoms with Gasteiger partial charge in [-0.05, 0) is 58.6 Å². The summed E-state index contributed by atoms with van der Waals surface area (Å²) >= 11 is 5.67. The molecule has 1 aliphatic heterocycles. The molecule has 204 valence electrons. The Morgan fingerprint density at radius 3 is 2.51 bits per heavy atom. The van der Waals surface area contributed by atoms with E-state index < -0.39 is 53.9 Å². The Balaban J connectivity index is 1.81. The number of aromatic amines is 1. The van der Waals surface area contributed by atoms with E-state index in [9.17, 15) is 24.6 Å². The Morgan fingerprint density at radius 2 is 1.92 bits per heavy atom. The highest BCUT2D eigenvalue weighted by molar-refractivity contribution is 8.09. The maximum atomic E-state index is 12.4. The fourth-order valence-electron chi connectivity index (χ4n) is 3.61. The molecule has 37 heavy (non-hydrogen) atoms. The van der Waals surface area contributed by atoms with Gasteiger partial charge in [-0.15, -0.1) is 0 Å². The van der Waals surface area contributed by atoms with Crippen molar-refractivity contribution < 1.29 is 33.5 Å². The van der Waals surface area contributed by atoms with E-state index >= 15 is 0 Å². The first-order valence-corrected chi connectivity index (χ1v) is 14.2. The van der Waals surface area contributed by atoms with Crippen molar-refractivity contribution in [3.05, 3.63) is 62.9 Å². The summed E-state index contributed by atoms with van der Waals surface area (Å²) in [6, 6.07) is 7.24. The molecule has 1 aromatic heterocycles. The molecule has 3 rings (SSSR count). The molecular formula is C23H32N3O9PS. The van der Waals surface area contributed by atoms with Crippen molar-refractivity contribution in [1.29, 1.82) is 0 Å². The third kappa shape index (κ3) is 7.14. The molecule has 0 amide bonds. The number of hydrogen-bond acceptors (Lipinski definition) is 10. The number of esters is 1. The average molecular weight is 558 g/mol. The van der Waals surface area contributed by atoms with Crippen molar-refractivity contribution in [2.75, 3.05) is 6.61 Å². The number of rotatable bonds is 10. The molecule has 0 radical (unpaired) electrons. The minimum atomic E-state index is -3.44. The average Bonchev–Trinajstić information content (AvgIpc) is 3.02. The van der Waals surface area contributed by atoms with Gasteiger partial charge in [0.15, 0.2) is 6.23 Å². The number of nitrogens with zero attached hydrogens (tertiary/aromatic N) is 1. The second kappa shape index (κ2) is 11.6. The maximum absolute atomic E-state index is 12.4. The first kappa shape index (κ1) is 29.2. The Morgan fingerprint density at radius 1 is 1.27 bits per heavy atom. The second-order valence-corrected chi connectivity index (χ2v) is 12.4. The zero-order chi connectivity index (χ0) is 27.5. The van der Waals surface area contributed by atoms with E-state index in [0.29, 0.717) is 5.75 Å². The van der Waals surface area contributed by atoms with Crippen LogP contribution in [-0.4, -0.2) is 62.3 Å². The molecule has 1 aromatic carbocycles. The summed E-state index contributed by atoms with van der Waals surface area (Å²) in [6.45, 7) is 4.39. The molecule has 0 bridgehead atoms. The largest absolute Gasteiger partial charge is 0.462 e. The Bertz CT molecular complexity index is 1260. The van der Waals surface area contributed by atoms with Crippen molar-refractivity contribution in [2.24, 2.45) is 0 Å². The SMILES string of the molecule is Cc1ccc(OP(=S)(NC(C)C(=O)OC(C)C)OC[C@H]2O[C@@H](n3ccc(=O)[nH]c3=O)[C@](C)(O)[C@@H]2O)cc1. The normalized spacial score (nSPS) is 26.0. The van der Waals surface area contributed by atoms with Crippen LogP contribution in [0.3, 0.4) is 0 Å². The predicted octanol–water partition coefficient (Wildman–Crippen LogP) is 1.10. The quantitative estimate of drug-likeness (QED) is 0.245. The van der Waals surface area contributed by atoms with Crippen LogP contribution in [0.2, 0.25) is 0 Å². The minimum Gasteiger partial charge on any atom is -0.462 e. The highest BCUT2D eigenvalue weighted by Crippen LogP contribution is 2.47. The van der Waals surface area contributed by atoms with Gasteiger partial charge < -0.3 is 28.7 Å². The first-order valence-electron chi connectivity index (χ1n) is 11.6. The number of aliphatic hydroxyl groups is 2. The van der Waals surface area contributed by atoms with Gasteiger partial charge in [-0.2, -0.15) is 0 Å². The Labute approximate surface area is 218 Å². The molecule has 6 atom stereocenters. The third-order valence-corrected chi connectivity index (χ3v) is 8.07. The van der Waals surface area contributed by atoms with Crippen LogP contribution >= 0.6 is 6.64 Å². The second-order valence-electron chi connectivity index (χ2n) is 9.25. The number of carbonyl (C=O) groups excluding carboxylic acids is 1. The zero-order valence-corrected chi connectivity index (χ0v) is 22.8. The Kier molecular flexibility index (Phi) is 9.12. The lowest BCUT2D eigenvalue weighted by atomic mass is 9.96. The van der Waals surface area contributed by atoms with Crippen LogP contribution in [0.4, 0.5) is 0 Å². The lowest BCUT2D eigenvalue weighted by Gasteiger charge is -2.28. The topological polar surface area (TPSA) is 161 Å². The van der Waals surface area contributed by atoms with Gasteiger partial charge >= 0.3 is 18.3 Å². The molecule has 2 heterocycles. The van der Waals surface area contributed by atoms with E-state index in [1.165, 1.54) is 6.92 Å². The van der Waals surface area contributed by atoms with E-state index in [0.717, 1.165) is 22.4 Å². The van der Waals surface area contributed by atoms with Gasteiger partial charge in [0, 0.05) is 12.3 Å². The molecule has 1 fully saturated rings. The van der Waals surface area contributed by atoms with Gasteiger partial charge in [0.25, 0.3) is 5.56 Å². The highest BCUT2D eigenvalue weighted by Gasteiger charge is 2.53. The van der Waals surface area contributed by atoms with Crippen LogP contribution < -0.4 is 20.9 Å². The molecule has 1 saturated heterocycles. The molecule has 0 saturated carbocycles. The lowest BCUT2D eigenvalue weighted by molar-refractivity contribution is -0.149. The third-order valence-electron chi connectivity index (χ3n) is 5.57. The van der Waals surface area contributed by atoms with E-state index in [1.807, 2.05) is 19.1 Å². The van der Waals surface area contributed by atoms with E-state index in [-0.39, 0.29) is 12.7 Å². The Hall–Kier alpha value is -2.38. The number of aliphatic hydroxyl groups excluding tert-OH is 1. The molecule has 1 aliphatic rings. The predicted molar refractivity (Wildman–Crippen MR) is 138 cm³/mol. The first-order chi connectivity index (χ1) is 17.2. The summed E-state index contributed by atoms with van der Waals surface area (Å²) in [5.41, 5.74) is -2.36. The number of aryl methyl sites for hydroxylation is 1. The van der Waals surface area contributed by atoms with Crippen molar-refractivity contribution >= 4 is 24.4 Å². The molecule has 2 unspecified atom stereocenters. The molecule has 4 N–H and O–H groups in total. The zero-order valence-electron chi connectivity index (χ0n) is 21.1. The van der Waals surface area contributed by atoms with Gasteiger partial charge in [0.05, 0.1) is 12.7 Å². The number of nitrogens with one attached hydrogen (secondary N) is 2. The fourth-order valence-corrected chi connectivity index (χ4v) is 6.03. The summed E-state index contributed by atoms with van der Waals surface area (Å²) in [7, 11) is 0. The lowest BCUT2D eigenvalue weighted by Crippen LogP contribution is -2.47. The summed E-state index contributed by atoms with van der Waals surface area (Å²) in [5, 5.41) is 24.6. The number of ether oxygens (including phenoxy) is 2.